The van der Waals surface area contributed by atoms with E-state index in [2.05, 4.69) is 20.6 Å². The first-order chi connectivity index (χ1) is 13.7. The minimum absolute atomic E-state index is 0.142. The molecule has 0 bridgehead atoms. The highest BCUT2D eigenvalue weighted by Crippen LogP contribution is 2.39. The molecule has 0 aliphatic heterocycles. The van der Waals surface area contributed by atoms with Gasteiger partial charge >= 0.3 is 6.09 Å². The predicted octanol–water partition coefficient (Wildman–Crippen LogP) is 3.79. The summed E-state index contributed by atoms with van der Waals surface area (Å²) < 4.78 is 16.2. The fraction of sp³-hybridized carbons (Fsp3) is 0.421. The number of benzene rings is 1. The third-order valence-electron chi connectivity index (χ3n) is 3.95. The molecule has 0 unspecified atom stereocenters. The summed E-state index contributed by atoms with van der Waals surface area (Å²) >= 11 is 6.24. The third kappa shape index (κ3) is 6.02. The van der Waals surface area contributed by atoms with Crippen molar-refractivity contribution in [3.8, 4) is 17.2 Å². The summed E-state index contributed by atoms with van der Waals surface area (Å²) in [6.07, 6.45) is 0.959. The number of alkyl carbamates (subject to hydrolysis) is 1. The van der Waals surface area contributed by atoms with Crippen molar-refractivity contribution in [3.63, 3.8) is 0 Å². The number of rotatable bonds is 8. The molecule has 2 aromatic rings. The van der Waals surface area contributed by atoms with E-state index in [0.717, 1.165) is 5.56 Å². The van der Waals surface area contributed by atoms with Crippen LogP contribution < -0.4 is 25.8 Å². The van der Waals surface area contributed by atoms with Gasteiger partial charge in [0.1, 0.15) is 18.1 Å². The van der Waals surface area contributed by atoms with Crippen molar-refractivity contribution in [1.29, 1.82) is 0 Å². The second-order valence-corrected chi connectivity index (χ2v) is 7.03. The molecule has 1 atom stereocenters. The number of ether oxygens (including phenoxy) is 3. The van der Waals surface area contributed by atoms with Crippen molar-refractivity contribution in [1.82, 2.24) is 15.3 Å². The topological polar surface area (TPSA) is 121 Å². The molecule has 9 nitrogen and oxygen atoms in total. The first kappa shape index (κ1) is 22.4. The molecular formula is C19H26ClN5O4. The molecule has 0 spiro atoms. The Bertz CT molecular complexity index is 863. The molecule has 1 aromatic heterocycles. The van der Waals surface area contributed by atoms with Gasteiger partial charge in [-0.3, -0.25) is 0 Å². The van der Waals surface area contributed by atoms with E-state index in [-0.39, 0.29) is 24.4 Å². The Balaban J connectivity index is 2.15. The van der Waals surface area contributed by atoms with Gasteiger partial charge in [0, 0.05) is 18.7 Å². The van der Waals surface area contributed by atoms with Gasteiger partial charge in [-0.2, -0.15) is 4.98 Å². The number of nitrogens with zero attached hydrogens (tertiary/aromatic N) is 2. The Hall–Kier alpha value is -2.94. The molecule has 0 aliphatic carbocycles. The van der Waals surface area contributed by atoms with Crippen LogP contribution in [-0.4, -0.2) is 42.9 Å². The second kappa shape index (κ2) is 10.0. The molecule has 0 saturated carbocycles. The Morgan fingerprint density at radius 3 is 2.55 bits per heavy atom. The van der Waals surface area contributed by atoms with E-state index >= 15 is 0 Å². The molecule has 4 N–H and O–H groups in total. The number of halogens is 1. The van der Waals surface area contributed by atoms with Gasteiger partial charge in [-0.1, -0.05) is 25.4 Å². The van der Waals surface area contributed by atoms with Gasteiger partial charge in [-0.15, -0.1) is 0 Å². The number of aromatic nitrogens is 2. The number of hydrogen-bond acceptors (Lipinski definition) is 8. The zero-order valence-electron chi connectivity index (χ0n) is 17.1. The summed E-state index contributed by atoms with van der Waals surface area (Å²) in [5, 5.41) is 5.81. The molecule has 2 rings (SSSR count). The number of methoxy groups -OCH3 is 1. The average molecular weight is 424 g/mol. The molecule has 29 heavy (non-hydrogen) atoms. The van der Waals surface area contributed by atoms with Crippen molar-refractivity contribution in [2.75, 3.05) is 31.8 Å². The van der Waals surface area contributed by atoms with Gasteiger partial charge < -0.3 is 30.6 Å². The largest absolute Gasteiger partial charge is 0.495 e. The van der Waals surface area contributed by atoms with Crippen LogP contribution in [-0.2, 0) is 4.74 Å². The molecule has 158 valence electrons. The molecular weight excluding hydrogens is 398 g/mol. The Morgan fingerprint density at radius 1 is 1.24 bits per heavy atom. The van der Waals surface area contributed by atoms with E-state index in [0.29, 0.717) is 28.2 Å². The fourth-order valence-electron chi connectivity index (χ4n) is 2.43. The van der Waals surface area contributed by atoms with Crippen molar-refractivity contribution >= 4 is 29.5 Å². The number of nitrogen functional groups attached to an aromatic ring is 1. The number of carbonyl (C=O) groups is 1. The van der Waals surface area contributed by atoms with Gasteiger partial charge in [-0.25, -0.2) is 9.78 Å². The summed E-state index contributed by atoms with van der Waals surface area (Å²) in [5.74, 6) is 2.03. The smallest absolute Gasteiger partial charge is 0.406 e. The highest BCUT2D eigenvalue weighted by atomic mass is 35.5. The van der Waals surface area contributed by atoms with Gasteiger partial charge in [0.25, 0.3) is 0 Å². The lowest BCUT2D eigenvalue weighted by molar-refractivity contribution is 0.145. The lowest BCUT2D eigenvalue weighted by Gasteiger charge is -2.17. The number of carbonyl (C=O) groups excluding carboxylic acids is 1. The van der Waals surface area contributed by atoms with E-state index in [4.69, 9.17) is 31.5 Å². The molecule has 0 radical (unpaired) electrons. The quantitative estimate of drug-likeness (QED) is 0.586. The van der Waals surface area contributed by atoms with E-state index in [1.165, 1.54) is 13.2 Å². The average Bonchev–Trinajstić information content (AvgIpc) is 2.68. The Kier molecular flexibility index (Phi) is 7.72. The van der Waals surface area contributed by atoms with Crippen molar-refractivity contribution in [3.05, 3.63) is 28.9 Å². The molecule has 1 heterocycles. The maximum Gasteiger partial charge on any atom is 0.406 e. The second-order valence-electron chi connectivity index (χ2n) is 6.62. The Morgan fingerprint density at radius 2 is 1.97 bits per heavy atom. The molecule has 1 amide bonds. The standard InChI is InChI=1S/C19H26ClN5O4/c1-10(2)12-6-15(27-5)13(20)7-14(12)29-16-8-23-18(25-17(16)21)24-11(3)9-28-19(26)22-4/h6-8,10-11H,9H2,1-5H3,(H,22,26)(H3,21,23,24,25)/t11-/m1/s1. The zero-order valence-corrected chi connectivity index (χ0v) is 17.8. The number of nitrogens with two attached hydrogens (primary N) is 1. The molecule has 0 aliphatic rings. The van der Waals surface area contributed by atoms with Crippen LogP contribution in [0.4, 0.5) is 16.6 Å². The maximum absolute atomic E-state index is 11.1. The van der Waals surface area contributed by atoms with E-state index in [1.54, 1.807) is 13.2 Å². The predicted molar refractivity (Wildman–Crippen MR) is 112 cm³/mol. The minimum Gasteiger partial charge on any atom is -0.495 e. The first-order valence-corrected chi connectivity index (χ1v) is 9.41. The highest BCUT2D eigenvalue weighted by molar-refractivity contribution is 6.32. The first-order valence-electron chi connectivity index (χ1n) is 9.04. The van der Waals surface area contributed by atoms with Gasteiger partial charge in [-0.05, 0) is 18.9 Å². The Labute approximate surface area is 174 Å². The highest BCUT2D eigenvalue weighted by Gasteiger charge is 2.16. The van der Waals surface area contributed by atoms with Crippen LogP contribution >= 0.6 is 11.6 Å². The van der Waals surface area contributed by atoms with Gasteiger partial charge in [0.2, 0.25) is 5.95 Å². The van der Waals surface area contributed by atoms with Crippen molar-refractivity contribution in [2.24, 2.45) is 0 Å². The van der Waals surface area contributed by atoms with Crippen molar-refractivity contribution in [2.45, 2.75) is 32.7 Å². The monoisotopic (exact) mass is 423 g/mol. The summed E-state index contributed by atoms with van der Waals surface area (Å²) in [4.78, 5) is 19.6. The summed E-state index contributed by atoms with van der Waals surface area (Å²) in [5.41, 5.74) is 6.95. The lowest BCUT2D eigenvalue weighted by atomic mass is 10.0. The SMILES string of the molecule is CNC(=O)OC[C@@H](C)Nc1ncc(Oc2cc(Cl)c(OC)cc2C(C)C)c(N)n1. The van der Waals surface area contributed by atoms with E-state index in [9.17, 15) is 4.79 Å². The molecule has 10 heteroatoms. The van der Waals surface area contributed by atoms with Crippen molar-refractivity contribution < 1.29 is 19.0 Å². The molecule has 1 aromatic carbocycles. The van der Waals surface area contributed by atoms with Crippen LogP contribution in [0.3, 0.4) is 0 Å². The summed E-state index contributed by atoms with van der Waals surface area (Å²) in [6.45, 7) is 6.03. The molecule has 0 saturated heterocycles. The minimum atomic E-state index is -0.512. The third-order valence-corrected chi connectivity index (χ3v) is 4.25. The van der Waals surface area contributed by atoms with Crippen LogP contribution in [0, 0.1) is 0 Å². The lowest BCUT2D eigenvalue weighted by Crippen LogP contribution is -2.28. The van der Waals surface area contributed by atoms with Crippen LogP contribution in [0.15, 0.2) is 18.3 Å². The maximum atomic E-state index is 11.1. The normalized spacial score (nSPS) is 11.7. The fourth-order valence-corrected chi connectivity index (χ4v) is 2.66. The van der Waals surface area contributed by atoms with E-state index in [1.807, 2.05) is 26.8 Å². The van der Waals surface area contributed by atoms with Gasteiger partial charge in [0.05, 0.1) is 24.4 Å². The molecule has 0 fully saturated rings. The number of nitrogens with one attached hydrogen (secondary N) is 2. The zero-order chi connectivity index (χ0) is 21.6. The van der Waals surface area contributed by atoms with Crippen LogP contribution in [0.1, 0.15) is 32.3 Å². The van der Waals surface area contributed by atoms with Gasteiger partial charge in [0.15, 0.2) is 11.6 Å². The van der Waals surface area contributed by atoms with Crippen LogP contribution in [0.2, 0.25) is 5.02 Å². The number of anilines is 2. The van der Waals surface area contributed by atoms with Crippen LogP contribution in [0.5, 0.6) is 17.2 Å². The number of amides is 1. The summed E-state index contributed by atoms with van der Waals surface area (Å²) in [6, 6.07) is 3.30. The number of hydrogen-bond donors (Lipinski definition) is 3. The van der Waals surface area contributed by atoms with E-state index < -0.39 is 6.09 Å². The van der Waals surface area contributed by atoms with Crippen LogP contribution in [0.25, 0.3) is 0 Å². The summed E-state index contributed by atoms with van der Waals surface area (Å²) in [7, 11) is 3.05.